The van der Waals surface area contributed by atoms with Gasteiger partial charge in [-0.05, 0) is 6.92 Å². The summed E-state index contributed by atoms with van der Waals surface area (Å²) in [6, 6.07) is 0. The van der Waals surface area contributed by atoms with Crippen molar-refractivity contribution in [1.29, 1.82) is 0 Å². The van der Waals surface area contributed by atoms with Gasteiger partial charge in [0.25, 0.3) is 0 Å². The van der Waals surface area contributed by atoms with Crippen LogP contribution in [0.1, 0.15) is 21.9 Å². The molecule has 5 nitrogen and oxygen atoms in total. The van der Waals surface area contributed by atoms with E-state index in [-0.39, 0.29) is 5.15 Å². The van der Waals surface area contributed by atoms with Gasteiger partial charge in [-0.2, -0.15) is 0 Å². The predicted octanol–water partition coefficient (Wildman–Crippen LogP) is 2.34. The monoisotopic (exact) mass is 282 g/mol. The molecule has 0 aliphatic carbocycles. The van der Waals surface area contributed by atoms with E-state index in [0.29, 0.717) is 30.0 Å². The van der Waals surface area contributed by atoms with E-state index < -0.39 is 0 Å². The standard InChI is InChI=1S/C11H11ClN4OS/c1-7-14-10(12)9(4-17)11(15-7)16(2)3-8-5-18-6-13-8/h4-6H,3H2,1-2H3. The van der Waals surface area contributed by atoms with Crippen molar-refractivity contribution >= 4 is 35.0 Å². The molecular formula is C11H11ClN4OS. The van der Waals surface area contributed by atoms with E-state index in [4.69, 9.17) is 11.6 Å². The number of anilines is 1. The summed E-state index contributed by atoms with van der Waals surface area (Å²) in [5.74, 6) is 1.06. The quantitative estimate of drug-likeness (QED) is 0.636. The van der Waals surface area contributed by atoms with Crippen LogP contribution in [-0.4, -0.2) is 28.3 Å². The molecule has 7 heteroatoms. The van der Waals surface area contributed by atoms with Gasteiger partial charge in [0.15, 0.2) is 6.29 Å². The third kappa shape index (κ3) is 2.65. The zero-order chi connectivity index (χ0) is 13.1. The van der Waals surface area contributed by atoms with E-state index in [1.54, 1.807) is 12.4 Å². The summed E-state index contributed by atoms with van der Waals surface area (Å²) in [6.07, 6.45) is 0.675. The lowest BCUT2D eigenvalue weighted by molar-refractivity contribution is 0.112. The molecule has 0 atom stereocenters. The van der Waals surface area contributed by atoms with Crippen LogP contribution >= 0.6 is 22.9 Å². The summed E-state index contributed by atoms with van der Waals surface area (Å²) in [6.45, 7) is 2.30. The molecule has 2 heterocycles. The van der Waals surface area contributed by atoms with Gasteiger partial charge in [-0.1, -0.05) is 11.6 Å². The average Bonchev–Trinajstić information content (AvgIpc) is 2.80. The molecule has 0 saturated carbocycles. The lowest BCUT2D eigenvalue weighted by Crippen LogP contribution is -2.20. The minimum absolute atomic E-state index is 0.178. The summed E-state index contributed by atoms with van der Waals surface area (Å²) in [5.41, 5.74) is 2.99. The summed E-state index contributed by atoms with van der Waals surface area (Å²) < 4.78 is 0. The molecule has 94 valence electrons. The van der Waals surface area contributed by atoms with E-state index in [1.807, 2.05) is 17.3 Å². The van der Waals surface area contributed by atoms with Crippen LogP contribution in [-0.2, 0) is 6.54 Å². The van der Waals surface area contributed by atoms with Gasteiger partial charge in [0.2, 0.25) is 0 Å². The minimum atomic E-state index is 0.178. The van der Waals surface area contributed by atoms with E-state index in [1.165, 1.54) is 11.3 Å². The number of nitrogens with zero attached hydrogens (tertiary/aromatic N) is 4. The van der Waals surface area contributed by atoms with Gasteiger partial charge in [0.05, 0.1) is 23.3 Å². The van der Waals surface area contributed by atoms with Crippen molar-refractivity contribution in [2.45, 2.75) is 13.5 Å². The first-order chi connectivity index (χ1) is 8.61. The molecule has 0 spiro atoms. The van der Waals surface area contributed by atoms with E-state index in [0.717, 1.165) is 5.69 Å². The molecule has 2 aromatic rings. The normalized spacial score (nSPS) is 10.4. The number of halogens is 1. The first-order valence-corrected chi connectivity index (χ1v) is 6.51. The molecule has 0 unspecified atom stereocenters. The number of hydrogen-bond donors (Lipinski definition) is 0. The highest BCUT2D eigenvalue weighted by molar-refractivity contribution is 7.07. The van der Waals surface area contributed by atoms with Gasteiger partial charge in [0, 0.05) is 12.4 Å². The van der Waals surface area contributed by atoms with Crippen LogP contribution in [0.3, 0.4) is 0 Å². The second kappa shape index (κ2) is 5.41. The van der Waals surface area contributed by atoms with Crippen molar-refractivity contribution in [3.8, 4) is 0 Å². The molecule has 0 aromatic carbocycles. The van der Waals surface area contributed by atoms with Gasteiger partial charge < -0.3 is 4.90 Å². The Balaban J connectivity index is 2.34. The zero-order valence-corrected chi connectivity index (χ0v) is 11.5. The molecule has 0 bridgehead atoms. The Kier molecular flexibility index (Phi) is 3.88. The van der Waals surface area contributed by atoms with Crippen molar-refractivity contribution in [1.82, 2.24) is 15.0 Å². The predicted molar refractivity (Wildman–Crippen MR) is 71.4 cm³/mol. The molecule has 0 radical (unpaired) electrons. The fraction of sp³-hybridized carbons (Fsp3) is 0.273. The molecule has 0 N–H and O–H groups in total. The highest BCUT2D eigenvalue weighted by Crippen LogP contribution is 2.23. The summed E-state index contributed by atoms with van der Waals surface area (Å²) in [5, 5.41) is 2.13. The van der Waals surface area contributed by atoms with Crippen molar-refractivity contribution in [2.75, 3.05) is 11.9 Å². The van der Waals surface area contributed by atoms with Crippen molar-refractivity contribution in [2.24, 2.45) is 0 Å². The Morgan fingerprint density at radius 2 is 2.28 bits per heavy atom. The Labute approximate surface area is 113 Å². The minimum Gasteiger partial charge on any atom is -0.353 e. The molecule has 0 fully saturated rings. The molecule has 0 amide bonds. The Morgan fingerprint density at radius 3 is 2.89 bits per heavy atom. The largest absolute Gasteiger partial charge is 0.353 e. The lowest BCUT2D eigenvalue weighted by Gasteiger charge is -2.19. The molecule has 0 saturated heterocycles. The maximum atomic E-state index is 11.1. The number of aryl methyl sites for hydroxylation is 1. The lowest BCUT2D eigenvalue weighted by atomic mass is 10.3. The highest BCUT2D eigenvalue weighted by atomic mass is 35.5. The molecule has 2 aromatic heterocycles. The van der Waals surface area contributed by atoms with Crippen LogP contribution in [0, 0.1) is 6.92 Å². The summed E-state index contributed by atoms with van der Waals surface area (Å²) in [4.78, 5) is 25.3. The van der Waals surface area contributed by atoms with Crippen molar-refractivity contribution in [3.63, 3.8) is 0 Å². The number of thiazole rings is 1. The second-order valence-electron chi connectivity index (χ2n) is 3.75. The van der Waals surface area contributed by atoms with E-state index in [2.05, 4.69) is 15.0 Å². The maximum absolute atomic E-state index is 11.1. The molecule has 18 heavy (non-hydrogen) atoms. The van der Waals surface area contributed by atoms with Gasteiger partial charge in [-0.3, -0.25) is 4.79 Å². The van der Waals surface area contributed by atoms with Gasteiger partial charge >= 0.3 is 0 Å². The fourth-order valence-electron chi connectivity index (χ4n) is 1.56. The van der Waals surface area contributed by atoms with E-state index >= 15 is 0 Å². The second-order valence-corrected chi connectivity index (χ2v) is 4.83. The topological polar surface area (TPSA) is 59.0 Å². The Hall–Kier alpha value is -1.53. The summed E-state index contributed by atoms with van der Waals surface area (Å²) in [7, 11) is 1.84. The molecular weight excluding hydrogens is 272 g/mol. The van der Waals surface area contributed by atoms with Crippen LogP contribution in [0.5, 0.6) is 0 Å². The summed E-state index contributed by atoms with van der Waals surface area (Å²) >= 11 is 7.47. The Bertz CT molecular complexity index is 558. The number of carbonyl (C=O) groups excluding carboxylic acids is 1. The third-order valence-electron chi connectivity index (χ3n) is 2.35. The third-order valence-corrected chi connectivity index (χ3v) is 3.28. The van der Waals surface area contributed by atoms with Crippen LogP contribution in [0.2, 0.25) is 5.15 Å². The van der Waals surface area contributed by atoms with E-state index in [9.17, 15) is 4.79 Å². The van der Waals surface area contributed by atoms with Gasteiger partial charge in [-0.25, -0.2) is 15.0 Å². The van der Waals surface area contributed by atoms with Gasteiger partial charge in [0.1, 0.15) is 16.8 Å². The first-order valence-electron chi connectivity index (χ1n) is 5.19. The number of hydrogen-bond acceptors (Lipinski definition) is 6. The van der Waals surface area contributed by atoms with Crippen LogP contribution in [0.4, 0.5) is 5.82 Å². The van der Waals surface area contributed by atoms with Crippen LogP contribution in [0.25, 0.3) is 0 Å². The first kappa shape index (κ1) is 12.9. The number of aldehydes is 1. The van der Waals surface area contributed by atoms with Crippen molar-refractivity contribution in [3.05, 3.63) is 33.1 Å². The van der Waals surface area contributed by atoms with Crippen LogP contribution in [0.15, 0.2) is 10.9 Å². The zero-order valence-electron chi connectivity index (χ0n) is 9.92. The number of aromatic nitrogens is 3. The maximum Gasteiger partial charge on any atom is 0.156 e. The van der Waals surface area contributed by atoms with Crippen molar-refractivity contribution < 1.29 is 4.79 Å². The number of carbonyl (C=O) groups is 1. The molecule has 0 aliphatic heterocycles. The van der Waals surface area contributed by atoms with Gasteiger partial charge in [-0.15, -0.1) is 11.3 Å². The average molecular weight is 283 g/mol. The fourth-order valence-corrected chi connectivity index (χ4v) is 2.36. The smallest absolute Gasteiger partial charge is 0.156 e. The Morgan fingerprint density at radius 1 is 1.50 bits per heavy atom. The molecule has 2 rings (SSSR count). The number of rotatable bonds is 4. The molecule has 0 aliphatic rings. The van der Waals surface area contributed by atoms with Crippen LogP contribution < -0.4 is 4.90 Å². The highest BCUT2D eigenvalue weighted by Gasteiger charge is 2.15. The SMILES string of the molecule is Cc1nc(Cl)c(C=O)c(N(C)Cc2cscn2)n1.